The molecule has 1 N–H and O–H groups in total. The van der Waals surface area contributed by atoms with Crippen LogP contribution in [-0.2, 0) is 4.79 Å². The zero-order chi connectivity index (χ0) is 16.1. The summed E-state index contributed by atoms with van der Waals surface area (Å²) in [6, 6.07) is 13.0. The Bertz CT molecular complexity index is 667. The Hall–Kier alpha value is -2.49. The lowest BCUT2D eigenvalue weighted by Crippen LogP contribution is -2.30. The Labute approximate surface area is 131 Å². The molecule has 0 fully saturated rings. The summed E-state index contributed by atoms with van der Waals surface area (Å²) in [6.07, 6.45) is -0.603. The van der Waals surface area contributed by atoms with Gasteiger partial charge >= 0.3 is 0 Å². The van der Waals surface area contributed by atoms with Gasteiger partial charge in [-0.25, -0.2) is 0 Å². The maximum absolute atomic E-state index is 12.2. The van der Waals surface area contributed by atoms with Crippen molar-refractivity contribution in [3.8, 4) is 11.5 Å². The molecule has 0 saturated heterocycles. The number of rotatable bonds is 5. The average molecular weight is 299 g/mol. The van der Waals surface area contributed by atoms with Crippen LogP contribution in [0, 0.1) is 13.8 Å². The molecule has 116 valence electrons. The fourth-order valence-electron chi connectivity index (χ4n) is 2.00. The minimum Gasteiger partial charge on any atom is -0.497 e. The molecular weight excluding hydrogens is 278 g/mol. The van der Waals surface area contributed by atoms with Crippen molar-refractivity contribution in [3.63, 3.8) is 0 Å². The quantitative estimate of drug-likeness (QED) is 0.915. The smallest absolute Gasteiger partial charge is 0.265 e. The van der Waals surface area contributed by atoms with Crippen molar-refractivity contribution in [2.75, 3.05) is 12.4 Å². The van der Waals surface area contributed by atoms with Crippen molar-refractivity contribution in [2.45, 2.75) is 26.9 Å². The van der Waals surface area contributed by atoms with Gasteiger partial charge in [0, 0.05) is 11.8 Å². The molecule has 2 rings (SSSR count). The first kappa shape index (κ1) is 15.9. The number of nitrogens with one attached hydrogen (secondary N) is 1. The molecule has 4 heteroatoms. The van der Waals surface area contributed by atoms with E-state index in [1.165, 1.54) is 5.56 Å². The van der Waals surface area contributed by atoms with Gasteiger partial charge in [0.2, 0.25) is 0 Å². The van der Waals surface area contributed by atoms with E-state index >= 15 is 0 Å². The van der Waals surface area contributed by atoms with Crippen molar-refractivity contribution in [1.29, 1.82) is 0 Å². The number of amides is 1. The fraction of sp³-hybridized carbons (Fsp3) is 0.278. The third kappa shape index (κ3) is 4.01. The topological polar surface area (TPSA) is 47.6 Å². The van der Waals surface area contributed by atoms with Gasteiger partial charge in [-0.1, -0.05) is 12.1 Å². The number of anilines is 1. The first-order valence-electron chi connectivity index (χ1n) is 7.18. The molecule has 0 spiro atoms. The minimum atomic E-state index is -0.603. The van der Waals surface area contributed by atoms with Crippen LogP contribution in [0.25, 0.3) is 0 Å². The Morgan fingerprint density at radius 1 is 1.05 bits per heavy atom. The standard InChI is InChI=1S/C18H21NO3/c1-12-8-9-15(10-13(12)2)19-18(20)14(3)22-17-7-5-6-16(11-17)21-4/h5-11,14H,1-4H3,(H,19,20)/t14-/m0/s1. The lowest BCUT2D eigenvalue weighted by molar-refractivity contribution is -0.122. The number of methoxy groups -OCH3 is 1. The molecule has 0 aliphatic rings. The van der Waals surface area contributed by atoms with Crippen LogP contribution in [0.2, 0.25) is 0 Å². The number of carbonyl (C=O) groups is 1. The molecule has 22 heavy (non-hydrogen) atoms. The van der Waals surface area contributed by atoms with Crippen LogP contribution in [0.15, 0.2) is 42.5 Å². The SMILES string of the molecule is COc1cccc(O[C@@H](C)C(=O)Nc2ccc(C)c(C)c2)c1. The summed E-state index contributed by atoms with van der Waals surface area (Å²) >= 11 is 0. The monoisotopic (exact) mass is 299 g/mol. The maximum Gasteiger partial charge on any atom is 0.265 e. The number of carbonyl (C=O) groups excluding carboxylic acids is 1. The molecule has 1 amide bonds. The lowest BCUT2D eigenvalue weighted by atomic mass is 10.1. The van der Waals surface area contributed by atoms with Gasteiger partial charge in [0.15, 0.2) is 6.10 Å². The summed E-state index contributed by atoms with van der Waals surface area (Å²) in [5, 5.41) is 2.86. The molecule has 0 bridgehead atoms. The summed E-state index contributed by atoms with van der Waals surface area (Å²) in [5.74, 6) is 1.10. The second-order valence-corrected chi connectivity index (χ2v) is 5.23. The second kappa shape index (κ2) is 6.98. The van der Waals surface area contributed by atoms with Crippen molar-refractivity contribution in [1.82, 2.24) is 0 Å². The molecule has 4 nitrogen and oxygen atoms in total. The van der Waals surface area contributed by atoms with Gasteiger partial charge in [0.05, 0.1) is 7.11 Å². The first-order chi connectivity index (χ1) is 10.5. The van der Waals surface area contributed by atoms with Crippen LogP contribution in [0.4, 0.5) is 5.69 Å². The van der Waals surface area contributed by atoms with E-state index in [9.17, 15) is 4.79 Å². The molecular formula is C18H21NO3. The molecule has 0 saturated carbocycles. The van der Waals surface area contributed by atoms with Gasteiger partial charge in [-0.05, 0) is 56.2 Å². The van der Waals surface area contributed by atoms with E-state index in [1.54, 1.807) is 26.2 Å². The van der Waals surface area contributed by atoms with Gasteiger partial charge in [-0.15, -0.1) is 0 Å². The number of benzene rings is 2. The largest absolute Gasteiger partial charge is 0.497 e. The van der Waals surface area contributed by atoms with E-state index in [2.05, 4.69) is 5.32 Å². The lowest BCUT2D eigenvalue weighted by Gasteiger charge is -2.15. The number of ether oxygens (including phenoxy) is 2. The molecule has 0 aliphatic heterocycles. The van der Waals surface area contributed by atoms with Crippen molar-refractivity contribution < 1.29 is 14.3 Å². The van der Waals surface area contributed by atoms with Crippen LogP contribution in [-0.4, -0.2) is 19.1 Å². The van der Waals surface area contributed by atoms with Gasteiger partial charge < -0.3 is 14.8 Å². The third-order valence-corrected chi connectivity index (χ3v) is 3.50. The van der Waals surface area contributed by atoms with E-state index in [0.29, 0.717) is 11.5 Å². The van der Waals surface area contributed by atoms with Crippen LogP contribution in [0.5, 0.6) is 11.5 Å². The summed E-state index contributed by atoms with van der Waals surface area (Å²) < 4.78 is 10.8. The average Bonchev–Trinajstić information content (AvgIpc) is 2.51. The van der Waals surface area contributed by atoms with Gasteiger partial charge in [-0.3, -0.25) is 4.79 Å². The first-order valence-corrected chi connectivity index (χ1v) is 7.18. The predicted octanol–water partition coefficient (Wildman–Crippen LogP) is 3.72. The molecule has 2 aromatic carbocycles. The zero-order valence-electron chi connectivity index (χ0n) is 13.3. The number of aryl methyl sites for hydroxylation is 2. The Morgan fingerprint density at radius 2 is 1.77 bits per heavy atom. The Balaban J connectivity index is 2.00. The van der Waals surface area contributed by atoms with E-state index in [1.807, 2.05) is 44.2 Å². The maximum atomic E-state index is 12.2. The molecule has 0 aromatic heterocycles. The van der Waals surface area contributed by atoms with E-state index in [0.717, 1.165) is 11.3 Å². The Morgan fingerprint density at radius 3 is 2.45 bits per heavy atom. The predicted molar refractivity (Wildman–Crippen MR) is 87.6 cm³/mol. The molecule has 0 unspecified atom stereocenters. The van der Waals surface area contributed by atoms with Gasteiger partial charge in [0.25, 0.3) is 5.91 Å². The van der Waals surface area contributed by atoms with Crippen molar-refractivity contribution in [3.05, 3.63) is 53.6 Å². The van der Waals surface area contributed by atoms with Crippen molar-refractivity contribution >= 4 is 11.6 Å². The highest BCUT2D eigenvalue weighted by atomic mass is 16.5. The Kier molecular flexibility index (Phi) is 5.04. The summed E-state index contributed by atoms with van der Waals surface area (Å²) in [5.41, 5.74) is 3.10. The molecule has 2 aromatic rings. The summed E-state index contributed by atoms with van der Waals surface area (Å²) in [4.78, 5) is 12.2. The highest BCUT2D eigenvalue weighted by molar-refractivity contribution is 5.94. The van der Waals surface area contributed by atoms with Crippen LogP contribution in [0.1, 0.15) is 18.1 Å². The van der Waals surface area contributed by atoms with E-state index < -0.39 is 6.10 Å². The molecule has 0 aliphatic carbocycles. The second-order valence-electron chi connectivity index (χ2n) is 5.23. The normalized spacial score (nSPS) is 11.6. The van der Waals surface area contributed by atoms with Gasteiger partial charge in [0.1, 0.15) is 11.5 Å². The van der Waals surface area contributed by atoms with Crippen molar-refractivity contribution in [2.24, 2.45) is 0 Å². The number of hydrogen-bond donors (Lipinski definition) is 1. The van der Waals surface area contributed by atoms with E-state index in [-0.39, 0.29) is 5.91 Å². The summed E-state index contributed by atoms with van der Waals surface area (Å²) in [6.45, 7) is 5.77. The highest BCUT2D eigenvalue weighted by Gasteiger charge is 2.15. The van der Waals surface area contributed by atoms with Crippen LogP contribution < -0.4 is 14.8 Å². The molecule has 1 atom stereocenters. The fourth-order valence-corrected chi connectivity index (χ4v) is 2.00. The van der Waals surface area contributed by atoms with Crippen LogP contribution >= 0.6 is 0 Å². The minimum absolute atomic E-state index is 0.189. The molecule has 0 radical (unpaired) electrons. The highest BCUT2D eigenvalue weighted by Crippen LogP contribution is 2.20. The zero-order valence-corrected chi connectivity index (χ0v) is 13.3. The van der Waals surface area contributed by atoms with Crippen LogP contribution in [0.3, 0.4) is 0 Å². The molecule has 0 heterocycles. The third-order valence-electron chi connectivity index (χ3n) is 3.50. The van der Waals surface area contributed by atoms with Gasteiger partial charge in [-0.2, -0.15) is 0 Å². The number of hydrogen-bond acceptors (Lipinski definition) is 3. The summed E-state index contributed by atoms with van der Waals surface area (Å²) in [7, 11) is 1.59. The van der Waals surface area contributed by atoms with E-state index in [4.69, 9.17) is 9.47 Å².